The van der Waals surface area contributed by atoms with Crippen LogP contribution in [0.1, 0.15) is 130 Å². The van der Waals surface area contributed by atoms with E-state index in [-0.39, 0.29) is 37.9 Å². The third-order valence-electron chi connectivity index (χ3n) is 11.7. The van der Waals surface area contributed by atoms with Gasteiger partial charge in [0.2, 0.25) is 0 Å². The third kappa shape index (κ3) is 28.8. The van der Waals surface area contributed by atoms with Gasteiger partial charge in [0.05, 0.1) is 59.8 Å². The molecule has 0 fully saturated rings. The fourth-order valence-corrected chi connectivity index (χ4v) is 9.64. The number of hydrogen-bond donors (Lipinski definition) is 6. The van der Waals surface area contributed by atoms with Crippen LogP contribution in [0, 0.1) is 27.7 Å². The molecule has 16 nitrogen and oxygen atoms in total. The Hall–Kier alpha value is -5.10. The van der Waals surface area contributed by atoms with Gasteiger partial charge in [0.1, 0.15) is 31.5 Å². The van der Waals surface area contributed by atoms with E-state index in [9.17, 15) is 61.8 Å². The molecule has 480 valence electrons. The lowest BCUT2D eigenvalue weighted by molar-refractivity contribution is -0.139. The summed E-state index contributed by atoms with van der Waals surface area (Å²) in [6.07, 6.45) is -10.6. The van der Waals surface area contributed by atoms with Gasteiger partial charge in [-0.15, -0.1) is 20.4 Å². The molecule has 0 spiro atoms. The monoisotopic (exact) mass is 1310 g/mol. The van der Waals surface area contributed by atoms with Crippen molar-refractivity contribution in [2.75, 3.05) is 26.4 Å². The second kappa shape index (κ2) is 32.9. The fraction of sp³-hybridized carbons (Fsp3) is 0.481. The van der Waals surface area contributed by atoms with Crippen molar-refractivity contribution in [1.82, 2.24) is 20.4 Å². The summed E-state index contributed by atoms with van der Waals surface area (Å²) in [4.78, 5) is 34.1. The predicted octanol–water partition coefficient (Wildman–Crippen LogP) is 14.7. The van der Waals surface area contributed by atoms with E-state index in [1.807, 2.05) is 0 Å². The maximum Gasteiger partial charge on any atom is 0.469 e. The third-order valence-corrected chi connectivity index (χ3v) is 14.9. The lowest BCUT2D eigenvalue weighted by Crippen LogP contribution is -2.37. The largest absolute Gasteiger partial charge is 0.493 e. The molecule has 0 bridgehead atoms. The summed E-state index contributed by atoms with van der Waals surface area (Å²) in [5.41, 5.74) is 9.11. The van der Waals surface area contributed by atoms with Gasteiger partial charge in [-0.25, -0.2) is 9.13 Å². The number of unbranched alkanes of at least 4 members (excludes halogenated alkanes) is 6. The molecule has 0 aliphatic rings. The number of rotatable bonds is 24. The van der Waals surface area contributed by atoms with E-state index in [1.54, 1.807) is 59.7 Å². The molecule has 8 N–H and O–H groups in total. The van der Waals surface area contributed by atoms with E-state index in [0.717, 1.165) is 84.1 Å². The Labute approximate surface area is 497 Å². The molecule has 0 aliphatic heterocycles. The summed E-state index contributed by atoms with van der Waals surface area (Å²) in [6, 6.07) is 18.3. The molecule has 0 saturated heterocycles. The first-order valence-corrected chi connectivity index (χ1v) is 30.8. The number of aromatic nitrogens is 4. The van der Waals surface area contributed by atoms with Crippen LogP contribution in [0.15, 0.2) is 84.9 Å². The van der Waals surface area contributed by atoms with Crippen molar-refractivity contribution in [3.63, 3.8) is 0 Å². The van der Waals surface area contributed by atoms with E-state index in [1.165, 1.54) is 53.0 Å². The van der Waals surface area contributed by atoms with Crippen molar-refractivity contribution in [1.29, 1.82) is 0 Å². The molecule has 6 aromatic rings. The van der Waals surface area contributed by atoms with Gasteiger partial charge in [-0.1, -0.05) is 102 Å². The molecule has 2 aromatic heterocycles. The van der Waals surface area contributed by atoms with Gasteiger partial charge < -0.3 is 40.5 Å². The first-order chi connectivity index (χ1) is 39.6. The van der Waals surface area contributed by atoms with Gasteiger partial charge in [0, 0.05) is 0 Å². The standard InChI is InChI=1S/2C21H22F6O.2C6H12N3O4PS/c1-15-10-11-19(18(13-15)21(25,26)27)28-12-5-3-2-4-7-16-8-6-9-17(14-16)20(22,23)24;1-15-7-12-19(18(14-15)21(25,26)27)28-13-5-3-2-4-6-16-8-10-17(11-9-16)20(22,23)24;2*1-4-8-9-5(15-4)6(2,7)3-13-14(10,11)12/h6,8-11,13-14H,2-5,7,12H2,1H3;7-12,14H,2-6,13H2,1H3;2*3,7H2,1-2H3,(H2,10,11,12)/t;;2*6-/m..00/s1. The van der Waals surface area contributed by atoms with Gasteiger partial charge in [0.15, 0.2) is 0 Å². The normalized spacial score (nSPS) is 13.7. The van der Waals surface area contributed by atoms with Gasteiger partial charge in [-0.05, 0) is 134 Å². The zero-order chi connectivity index (χ0) is 65.0. The van der Waals surface area contributed by atoms with Crippen molar-refractivity contribution < 1.29 is 99.9 Å². The summed E-state index contributed by atoms with van der Waals surface area (Å²) in [7, 11) is -9.00. The molecule has 0 saturated carbocycles. The molecule has 0 radical (unpaired) electrons. The average molecular weight is 1320 g/mol. The maximum atomic E-state index is 13.0. The number of alkyl halides is 12. The molecule has 6 rings (SSSR count). The SMILES string of the molecule is Cc1ccc(OCCCCCCc2ccc(C(F)(F)F)cc2)c(C(F)(F)F)c1.Cc1ccc(OCCCCCCc2cccc(C(F)(F)F)c2)c(C(F)(F)F)c1.Cc1nnc([C@@](C)(N)COP(=O)(O)O)s1.Cc1nnc([C@@](C)(N)COP(=O)(O)O)s1. The quantitative estimate of drug-likeness (QED) is 0.0187. The van der Waals surface area contributed by atoms with Crippen molar-refractivity contribution in [2.24, 2.45) is 11.5 Å². The van der Waals surface area contributed by atoms with Gasteiger partial charge in [0.25, 0.3) is 0 Å². The van der Waals surface area contributed by atoms with Crippen LogP contribution >= 0.6 is 38.3 Å². The first-order valence-electron chi connectivity index (χ1n) is 26.1. The van der Waals surface area contributed by atoms with Crippen molar-refractivity contribution in [2.45, 2.75) is 142 Å². The summed E-state index contributed by atoms with van der Waals surface area (Å²) in [6.45, 7) is 9.58. The number of nitrogens with zero attached hydrogens (tertiary/aromatic N) is 4. The lowest BCUT2D eigenvalue weighted by atomic mass is 10.0. The Kier molecular flexibility index (Phi) is 28.8. The second-order valence-electron chi connectivity index (χ2n) is 20.0. The van der Waals surface area contributed by atoms with Crippen molar-refractivity contribution in [3.05, 3.63) is 149 Å². The number of halogens is 12. The molecular weight excluding hydrogens is 1250 g/mol. The Morgan fingerprint density at radius 1 is 0.465 bits per heavy atom. The Balaban J connectivity index is 0.000000313. The van der Waals surface area contributed by atoms with E-state index in [0.29, 0.717) is 58.8 Å². The van der Waals surface area contributed by atoms with Crippen molar-refractivity contribution >= 4 is 38.3 Å². The fourth-order valence-electron chi connectivity index (χ4n) is 7.29. The Morgan fingerprint density at radius 2 is 0.849 bits per heavy atom. The van der Waals surface area contributed by atoms with E-state index in [2.05, 4.69) is 29.4 Å². The van der Waals surface area contributed by atoms with Crippen LogP contribution < -0.4 is 20.9 Å². The summed E-state index contributed by atoms with van der Waals surface area (Å²) >= 11 is 2.53. The van der Waals surface area contributed by atoms with Gasteiger partial charge in [-0.2, -0.15) is 52.7 Å². The van der Waals surface area contributed by atoms with E-state index in [4.69, 9.17) is 40.5 Å². The first kappa shape index (κ1) is 75.2. The zero-order valence-corrected chi connectivity index (χ0v) is 50.8. The highest BCUT2D eigenvalue weighted by Crippen LogP contribution is 2.41. The van der Waals surface area contributed by atoms with Crippen LogP contribution in [0.3, 0.4) is 0 Å². The number of ether oxygens (including phenoxy) is 2. The number of phosphoric ester groups is 2. The minimum absolute atomic E-state index is 0.162. The molecule has 32 heteroatoms. The highest BCUT2D eigenvalue weighted by atomic mass is 32.1. The van der Waals surface area contributed by atoms with E-state index < -0.39 is 73.7 Å². The van der Waals surface area contributed by atoms with Crippen LogP contribution in [0.4, 0.5) is 52.7 Å². The molecule has 86 heavy (non-hydrogen) atoms. The topological polar surface area (TPSA) is 256 Å². The number of aryl methyl sites for hydroxylation is 6. The van der Waals surface area contributed by atoms with Crippen molar-refractivity contribution in [3.8, 4) is 11.5 Å². The molecular formula is C54H68F12N6O10P2S2. The van der Waals surface area contributed by atoms with Gasteiger partial charge in [-0.3, -0.25) is 9.05 Å². The molecule has 2 heterocycles. The summed E-state index contributed by atoms with van der Waals surface area (Å²) < 4.78 is 194. The number of benzene rings is 4. The van der Waals surface area contributed by atoms with Crippen LogP contribution in [-0.4, -0.2) is 66.4 Å². The number of nitrogens with two attached hydrogens (primary N) is 2. The Morgan fingerprint density at radius 3 is 1.20 bits per heavy atom. The minimum Gasteiger partial charge on any atom is -0.493 e. The van der Waals surface area contributed by atoms with Crippen LogP contribution in [0.5, 0.6) is 11.5 Å². The molecule has 0 amide bonds. The molecule has 0 aliphatic carbocycles. The molecule has 0 unspecified atom stereocenters. The highest BCUT2D eigenvalue weighted by molar-refractivity contribution is 7.46. The van der Waals surface area contributed by atoms with Crippen LogP contribution in [-0.2, 0) is 66.8 Å². The molecule has 4 aromatic carbocycles. The lowest BCUT2D eigenvalue weighted by Gasteiger charge is -2.20. The number of hydrogen-bond acceptors (Lipinski definition) is 14. The summed E-state index contributed by atoms with van der Waals surface area (Å²) in [5, 5.41) is 17.6. The highest BCUT2D eigenvalue weighted by Gasteiger charge is 2.37. The van der Waals surface area contributed by atoms with Gasteiger partial charge >= 0.3 is 40.4 Å². The predicted molar refractivity (Wildman–Crippen MR) is 299 cm³/mol. The smallest absolute Gasteiger partial charge is 0.469 e. The minimum atomic E-state index is -4.50. The molecule has 2 atom stereocenters. The number of phosphoric acid groups is 2. The second-order valence-corrected chi connectivity index (χ2v) is 24.9. The van der Waals surface area contributed by atoms with E-state index >= 15 is 0 Å². The Bertz CT molecular complexity index is 3040. The summed E-state index contributed by atoms with van der Waals surface area (Å²) in [5.74, 6) is -0.343. The average Bonchev–Trinajstić information content (AvgIpc) is 4.22. The zero-order valence-electron chi connectivity index (χ0n) is 47.4. The van der Waals surface area contributed by atoms with Crippen LogP contribution in [0.2, 0.25) is 0 Å². The maximum absolute atomic E-state index is 13.0. The van der Waals surface area contributed by atoms with Crippen LogP contribution in [0.25, 0.3) is 0 Å².